The van der Waals surface area contributed by atoms with Gasteiger partial charge in [-0.1, -0.05) is 67.6 Å². The lowest BCUT2D eigenvalue weighted by Crippen LogP contribution is -2.27. The Morgan fingerprint density at radius 3 is 2.62 bits per heavy atom. The molecule has 2 aliphatic carbocycles. The Labute approximate surface area is 234 Å². The fraction of sp³-hybridized carbons (Fsp3) is 0.167. The number of aryl methyl sites for hydroxylation is 1. The molecule has 0 radical (unpaired) electrons. The summed E-state index contributed by atoms with van der Waals surface area (Å²) in [6.07, 6.45) is 10.5. The highest BCUT2D eigenvalue weighted by atomic mass is 16.1. The molecule has 198 valence electrons. The smallest absolute Gasteiger partial charge is 0.189 e. The Morgan fingerprint density at radius 2 is 1.75 bits per heavy atom. The first-order chi connectivity index (χ1) is 19.5. The van der Waals surface area contributed by atoms with Gasteiger partial charge in [0.2, 0.25) is 0 Å². The number of nitrogens with one attached hydrogen (secondary N) is 1. The molecule has 1 atom stereocenters. The predicted octanol–water partition coefficient (Wildman–Crippen LogP) is 6.13. The van der Waals surface area contributed by atoms with Crippen LogP contribution >= 0.6 is 0 Å². The third kappa shape index (κ3) is 4.77. The average molecular weight is 524 g/mol. The van der Waals surface area contributed by atoms with Crippen molar-refractivity contribution < 1.29 is 4.79 Å². The van der Waals surface area contributed by atoms with Gasteiger partial charge in [-0.05, 0) is 93.9 Å². The fourth-order valence-corrected chi connectivity index (χ4v) is 6.00. The maximum atomic E-state index is 13.4. The van der Waals surface area contributed by atoms with Crippen LogP contribution < -0.4 is 21.5 Å². The molecule has 0 saturated heterocycles. The second kappa shape index (κ2) is 10.8. The molecule has 3 aliphatic rings. The van der Waals surface area contributed by atoms with Gasteiger partial charge < -0.3 is 11.1 Å². The molecule has 4 heteroatoms. The van der Waals surface area contributed by atoms with Gasteiger partial charge in [-0.15, -0.1) is 0 Å². The van der Waals surface area contributed by atoms with E-state index in [1.807, 2.05) is 61.8 Å². The van der Waals surface area contributed by atoms with Crippen LogP contribution in [0.3, 0.4) is 0 Å². The van der Waals surface area contributed by atoms with Crippen molar-refractivity contribution in [3.8, 4) is 0 Å². The van der Waals surface area contributed by atoms with Crippen molar-refractivity contribution in [1.82, 2.24) is 0 Å². The summed E-state index contributed by atoms with van der Waals surface area (Å²) in [5.74, 6) is 0.602. The highest BCUT2D eigenvalue weighted by Gasteiger charge is 2.25. The molecule has 0 aromatic heterocycles. The van der Waals surface area contributed by atoms with Gasteiger partial charge in [-0.3, -0.25) is 9.79 Å². The van der Waals surface area contributed by atoms with Crippen LogP contribution in [-0.2, 0) is 6.42 Å². The summed E-state index contributed by atoms with van der Waals surface area (Å²) in [5, 5.41) is 8.20. The fourth-order valence-electron chi connectivity index (χ4n) is 6.00. The molecule has 0 saturated carbocycles. The minimum atomic E-state index is 0.140. The molecule has 40 heavy (non-hydrogen) atoms. The standard InChI is InChI=1S/C27H25NO.C9H8N2/c1-16-7-10-24(27(29)19-9-14-25(28)17(2)15-19)23-13-12-21-20-6-4-3-5-18(20)8-11-22(21)26(16)23;1-2-4-9-8(3-1)7-10-5-6-11-9/h3-6,8-9,12-16H,7,10-11,28H2,1-2H3;1-7,11H. The lowest BCUT2D eigenvalue weighted by Gasteiger charge is -2.25. The van der Waals surface area contributed by atoms with Crippen LogP contribution in [0.25, 0.3) is 11.6 Å². The van der Waals surface area contributed by atoms with Crippen LogP contribution in [0.2, 0.25) is 0 Å². The topological polar surface area (TPSA) is 67.5 Å². The van der Waals surface area contributed by atoms with Gasteiger partial charge in [-0.2, -0.15) is 0 Å². The van der Waals surface area contributed by atoms with Crippen LogP contribution in [0.15, 0.2) is 96.3 Å². The Hall–Kier alpha value is -4.70. The maximum absolute atomic E-state index is 13.4. The van der Waals surface area contributed by atoms with Gasteiger partial charge in [0, 0.05) is 46.7 Å². The number of benzene rings is 4. The molecule has 3 N–H and O–H groups in total. The van der Waals surface area contributed by atoms with Gasteiger partial charge in [0.15, 0.2) is 5.78 Å². The van der Waals surface area contributed by atoms with Crippen molar-refractivity contribution in [2.45, 2.75) is 39.0 Å². The summed E-state index contributed by atoms with van der Waals surface area (Å²) >= 11 is 0. The lowest BCUT2D eigenvalue weighted by molar-refractivity contribution is 0.105. The van der Waals surface area contributed by atoms with Gasteiger partial charge >= 0.3 is 0 Å². The minimum absolute atomic E-state index is 0.140. The minimum Gasteiger partial charge on any atom is -0.399 e. The number of rotatable bonds is 2. The lowest BCUT2D eigenvalue weighted by atomic mass is 9.78. The number of para-hydroxylation sites is 1. The van der Waals surface area contributed by atoms with E-state index < -0.39 is 0 Å². The summed E-state index contributed by atoms with van der Waals surface area (Å²) in [6.45, 7) is 4.26. The monoisotopic (exact) mass is 523 g/mol. The van der Waals surface area contributed by atoms with Crippen LogP contribution in [0.4, 0.5) is 11.4 Å². The third-order valence-electron chi connectivity index (χ3n) is 8.16. The number of fused-ring (bicyclic) bond motifs is 5. The van der Waals surface area contributed by atoms with E-state index in [0.717, 1.165) is 58.1 Å². The van der Waals surface area contributed by atoms with Crippen LogP contribution in [0.1, 0.15) is 58.3 Å². The van der Waals surface area contributed by atoms with Crippen LogP contribution in [0, 0.1) is 17.4 Å². The number of Topliss-reactive ketones (excluding diaryl/α,β-unsaturated/α-hetero) is 1. The zero-order valence-corrected chi connectivity index (χ0v) is 22.9. The van der Waals surface area contributed by atoms with Gasteiger partial charge in [0.05, 0.1) is 0 Å². The Bertz CT molecular complexity index is 1920. The van der Waals surface area contributed by atoms with Crippen molar-refractivity contribution in [1.29, 1.82) is 0 Å². The summed E-state index contributed by atoms with van der Waals surface area (Å²) < 4.78 is 0. The first-order valence-corrected chi connectivity index (χ1v) is 13.9. The number of nitrogens with two attached hydrogens (primary N) is 1. The number of ketones is 1. The second-order valence-electron chi connectivity index (χ2n) is 10.7. The molecule has 0 bridgehead atoms. The summed E-state index contributed by atoms with van der Waals surface area (Å²) in [7, 11) is 0. The number of hydrogen-bond donors (Lipinski definition) is 2. The maximum Gasteiger partial charge on any atom is 0.189 e. The molecular weight excluding hydrogens is 490 g/mol. The largest absolute Gasteiger partial charge is 0.399 e. The molecule has 4 aromatic carbocycles. The molecule has 1 heterocycles. The van der Waals surface area contributed by atoms with E-state index >= 15 is 0 Å². The average Bonchev–Trinajstić information content (AvgIpc) is 3.24. The zero-order chi connectivity index (χ0) is 27.6. The summed E-state index contributed by atoms with van der Waals surface area (Å²) in [5.41, 5.74) is 14.3. The number of anilines is 2. The van der Waals surface area contributed by atoms with Crippen molar-refractivity contribution in [3.63, 3.8) is 0 Å². The molecule has 0 amide bonds. The SMILES string of the molecule is C1=CNc2ccccc2C=N1.Cc1cc(C(=O)C2=c3ccc4c(c3C(C)CC2)CC=c2ccccc2=4)ccc1N. The number of carbonyl (C=O) groups is 1. The summed E-state index contributed by atoms with van der Waals surface area (Å²) in [4.78, 5) is 17.5. The number of nitrogen functional groups attached to an aromatic ring is 1. The van der Waals surface area contributed by atoms with E-state index in [2.05, 4.69) is 59.7 Å². The van der Waals surface area contributed by atoms with E-state index in [-0.39, 0.29) is 5.78 Å². The van der Waals surface area contributed by atoms with E-state index in [9.17, 15) is 4.79 Å². The Kier molecular flexibility index (Phi) is 6.91. The van der Waals surface area contributed by atoms with E-state index in [0.29, 0.717) is 5.92 Å². The third-order valence-corrected chi connectivity index (χ3v) is 8.16. The second-order valence-corrected chi connectivity index (χ2v) is 10.7. The first kappa shape index (κ1) is 25.6. The zero-order valence-electron chi connectivity index (χ0n) is 22.9. The molecule has 1 aliphatic heterocycles. The normalized spacial score (nSPS) is 16.1. The van der Waals surface area contributed by atoms with Crippen LogP contribution in [0.5, 0.6) is 0 Å². The molecule has 0 fully saturated rings. The highest BCUT2D eigenvalue weighted by Crippen LogP contribution is 2.31. The molecule has 4 aromatic rings. The highest BCUT2D eigenvalue weighted by molar-refractivity contribution is 6.24. The summed E-state index contributed by atoms with van der Waals surface area (Å²) in [6, 6.07) is 26.7. The number of aliphatic imine (C=N–C) groups is 1. The van der Waals surface area contributed by atoms with E-state index in [1.54, 1.807) is 6.20 Å². The van der Waals surface area contributed by atoms with Gasteiger partial charge in [-0.25, -0.2) is 0 Å². The number of nitrogens with zero attached hydrogens (tertiary/aromatic N) is 1. The van der Waals surface area contributed by atoms with Crippen LogP contribution in [-0.4, -0.2) is 12.0 Å². The van der Waals surface area contributed by atoms with Gasteiger partial charge in [0.25, 0.3) is 0 Å². The molecule has 1 unspecified atom stereocenters. The number of carbonyl (C=O) groups excluding carboxylic acids is 1. The van der Waals surface area contributed by atoms with Crippen molar-refractivity contribution in [2.24, 2.45) is 4.99 Å². The Morgan fingerprint density at radius 1 is 0.950 bits per heavy atom. The molecule has 0 spiro atoms. The van der Waals surface area contributed by atoms with Crippen molar-refractivity contribution in [2.75, 3.05) is 11.1 Å². The van der Waals surface area contributed by atoms with E-state index in [4.69, 9.17) is 5.73 Å². The van der Waals surface area contributed by atoms with Gasteiger partial charge in [0.1, 0.15) is 0 Å². The molecule has 7 rings (SSSR count). The van der Waals surface area contributed by atoms with Crippen molar-refractivity contribution in [3.05, 3.63) is 140 Å². The molecule has 4 nitrogen and oxygen atoms in total. The predicted molar refractivity (Wildman–Crippen MR) is 166 cm³/mol. The first-order valence-electron chi connectivity index (χ1n) is 13.9. The number of hydrogen-bond acceptors (Lipinski definition) is 4. The van der Waals surface area contributed by atoms with Crippen molar-refractivity contribution >= 4 is 35.0 Å². The van der Waals surface area contributed by atoms with E-state index in [1.165, 1.54) is 26.8 Å². The molecular formula is C36H33N3O. The quantitative estimate of drug-likeness (QED) is 0.245. The Balaban J connectivity index is 0.000000219.